The number of hydrogen-bond acceptors (Lipinski definition) is 3. The highest BCUT2D eigenvalue weighted by Gasteiger charge is 2.18. The van der Waals surface area contributed by atoms with Gasteiger partial charge in [-0.05, 0) is 18.2 Å². The average Bonchev–Trinajstić information content (AvgIpc) is 2.46. The molecular formula is C15H14O4. The van der Waals surface area contributed by atoms with Gasteiger partial charge in [-0.2, -0.15) is 0 Å². The number of rotatable bonds is 4. The van der Waals surface area contributed by atoms with Gasteiger partial charge in [-0.25, -0.2) is 4.79 Å². The van der Waals surface area contributed by atoms with Crippen LogP contribution in [-0.2, 0) is 0 Å². The zero-order valence-electron chi connectivity index (χ0n) is 10.7. The van der Waals surface area contributed by atoms with Crippen molar-refractivity contribution in [1.82, 2.24) is 0 Å². The van der Waals surface area contributed by atoms with Crippen LogP contribution in [-0.4, -0.2) is 25.3 Å². The molecule has 0 aliphatic heterocycles. The van der Waals surface area contributed by atoms with Gasteiger partial charge in [0.1, 0.15) is 11.5 Å². The van der Waals surface area contributed by atoms with Crippen LogP contribution < -0.4 is 9.47 Å². The third-order valence-corrected chi connectivity index (χ3v) is 2.85. The molecule has 0 unspecified atom stereocenters. The van der Waals surface area contributed by atoms with Gasteiger partial charge in [0.15, 0.2) is 0 Å². The maximum atomic E-state index is 11.3. The van der Waals surface area contributed by atoms with E-state index in [1.165, 1.54) is 0 Å². The van der Waals surface area contributed by atoms with E-state index in [1.807, 2.05) is 0 Å². The first-order chi connectivity index (χ1) is 9.19. The molecule has 0 heterocycles. The molecule has 0 aliphatic carbocycles. The van der Waals surface area contributed by atoms with E-state index in [0.29, 0.717) is 22.6 Å². The minimum absolute atomic E-state index is 0.213. The van der Waals surface area contributed by atoms with Crippen molar-refractivity contribution in [3.63, 3.8) is 0 Å². The fraction of sp³-hybridized carbons (Fsp3) is 0.133. The summed E-state index contributed by atoms with van der Waals surface area (Å²) in [5.74, 6) is 0.171. The Hall–Kier alpha value is -2.49. The van der Waals surface area contributed by atoms with E-state index < -0.39 is 5.97 Å². The first-order valence-corrected chi connectivity index (χ1v) is 5.72. The molecule has 1 N–H and O–H groups in total. The van der Waals surface area contributed by atoms with Crippen LogP contribution >= 0.6 is 0 Å². The molecule has 2 rings (SSSR count). The molecule has 0 spiro atoms. The van der Waals surface area contributed by atoms with Crippen molar-refractivity contribution < 1.29 is 19.4 Å². The molecule has 0 bridgehead atoms. The second-order valence-electron chi connectivity index (χ2n) is 3.89. The van der Waals surface area contributed by atoms with Crippen molar-refractivity contribution in [2.75, 3.05) is 14.2 Å². The smallest absolute Gasteiger partial charge is 0.336 e. The summed E-state index contributed by atoms with van der Waals surface area (Å²) in [5.41, 5.74) is 1.43. The molecule has 0 amide bonds. The molecule has 0 fully saturated rings. The number of carboxylic acids is 1. The summed E-state index contributed by atoms with van der Waals surface area (Å²) in [4.78, 5) is 11.3. The molecule has 0 aromatic heterocycles. The van der Waals surface area contributed by atoms with E-state index in [1.54, 1.807) is 56.7 Å². The summed E-state index contributed by atoms with van der Waals surface area (Å²) >= 11 is 0. The van der Waals surface area contributed by atoms with Crippen LogP contribution in [0.25, 0.3) is 11.1 Å². The monoisotopic (exact) mass is 258 g/mol. The van der Waals surface area contributed by atoms with Gasteiger partial charge < -0.3 is 14.6 Å². The van der Waals surface area contributed by atoms with Crippen LogP contribution in [0.5, 0.6) is 11.5 Å². The van der Waals surface area contributed by atoms with Crippen LogP contribution in [0.15, 0.2) is 42.5 Å². The number of carbonyl (C=O) groups is 1. The Morgan fingerprint density at radius 3 is 2.05 bits per heavy atom. The topological polar surface area (TPSA) is 55.8 Å². The molecule has 4 nitrogen and oxygen atoms in total. The van der Waals surface area contributed by atoms with Gasteiger partial charge in [0, 0.05) is 5.56 Å². The van der Waals surface area contributed by atoms with Crippen LogP contribution in [0.3, 0.4) is 0 Å². The maximum absolute atomic E-state index is 11.3. The van der Waals surface area contributed by atoms with Gasteiger partial charge in [-0.3, -0.25) is 0 Å². The van der Waals surface area contributed by atoms with Gasteiger partial charge in [0.05, 0.1) is 25.3 Å². The molecule has 0 radical (unpaired) electrons. The summed E-state index contributed by atoms with van der Waals surface area (Å²) < 4.78 is 10.6. The highest BCUT2D eigenvalue weighted by molar-refractivity contribution is 5.98. The normalized spacial score (nSPS) is 10.0. The first-order valence-electron chi connectivity index (χ1n) is 5.72. The number of benzene rings is 2. The second-order valence-corrected chi connectivity index (χ2v) is 3.89. The zero-order chi connectivity index (χ0) is 13.8. The minimum atomic E-state index is -0.983. The summed E-state index contributed by atoms with van der Waals surface area (Å²) in [6.45, 7) is 0. The van der Waals surface area contributed by atoms with E-state index in [-0.39, 0.29) is 5.56 Å². The summed E-state index contributed by atoms with van der Waals surface area (Å²) in [7, 11) is 3.09. The Morgan fingerprint density at radius 2 is 1.53 bits per heavy atom. The predicted octanol–water partition coefficient (Wildman–Crippen LogP) is 3.07. The van der Waals surface area contributed by atoms with Gasteiger partial charge in [-0.15, -0.1) is 0 Å². The number of aromatic carboxylic acids is 1. The molecule has 2 aromatic rings. The van der Waals surface area contributed by atoms with E-state index in [2.05, 4.69) is 0 Å². The molecule has 0 saturated heterocycles. The van der Waals surface area contributed by atoms with E-state index in [0.717, 1.165) is 0 Å². The minimum Gasteiger partial charge on any atom is -0.496 e. The van der Waals surface area contributed by atoms with Crippen LogP contribution in [0.2, 0.25) is 0 Å². The molecule has 0 atom stereocenters. The maximum Gasteiger partial charge on any atom is 0.336 e. The summed E-state index contributed by atoms with van der Waals surface area (Å²) in [6, 6.07) is 12.1. The average molecular weight is 258 g/mol. The van der Waals surface area contributed by atoms with Crippen molar-refractivity contribution in [3.8, 4) is 22.6 Å². The van der Waals surface area contributed by atoms with Crippen LogP contribution in [0, 0.1) is 0 Å². The zero-order valence-corrected chi connectivity index (χ0v) is 10.7. The van der Waals surface area contributed by atoms with Crippen LogP contribution in [0.1, 0.15) is 10.4 Å². The Kier molecular flexibility index (Phi) is 3.71. The highest BCUT2D eigenvalue weighted by Crippen LogP contribution is 2.39. The van der Waals surface area contributed by atoms with Crippen molar-refractivity contribution in [1.29, 1.82) is 0 Å². The third kappa shape index (κ3) is 2.38. The Labute approximate surface area is 111 Å². The van der Waals surface area contributed by atoms with E-state index in [4.69, 9.17) is 9.47 Å². The van der Waals surface area contributed by atoms with E-state index >= 15 is 0 Å². The van der Waals surface area contributed by atoms with Crippen molar-refractivity contribution in [2.45, 2.75) is 0 Å². The van der Waals surface area contributed by atoms with Crippen LogP contribution in [0.4, 0.5) is 0 Å². The van der Waals surface area contributed by atoms with Gasteiger partial charge in [-0.1, -0.05) is 24.3 Å². The van der Waals surface area contributed by atoms with Gasteiger partial charge in [0.2, 0.25) is 0 Å². The van der Waals surface area contributed by atoms with Crippen molar-refractivity contribution in [3.05, 3.63) is 48.0 Å². The number of methoxy groups -OCH3 is 2. The quantitative estimate of drug-likeness (QED) is 0.915. The van der Waals surface area contributed by atoms with Gasteiger partial charge >= 0.3 is 5.97 Å². The van der Waals surface area contributed by atoms with Crippen molar-refractivity contribution in [2.24, 2.45) is 0 Å². The summed E-state index contributed by atoms with van der Waals surface area (Å²) in [6.07, 6.45) is 0. The lowest BCUT2D eigenvalue weighted by Crippen LogP contribution is -2.01. The van der Waals surface area contributed by atoms with Crippen molar-refractivity contribution >= 4 is 5.97 Å². The van der Waals surface area contributed by atoms with Gasteiger partial charge in [0.25, 0.3) is 0 Å². The molecule has 2 aromatic carbocycles. The lowest BCUT2D eigenvalue weighted by Gasteiger charge is -2.14. The Balaban J connectivity index is 2.74. The largest absolute Gasteiger partial charge is 0.496 e. The molecule has 0 aliphatic rings. The highest BCUT2D eigenvalue weighted by atomic mass is 16.5. The van der Waals surface area contributed by atoms with E-state index in [9.17, 15) is 9.90 Å². The standard InChI is InChI=1S/C15H14O4/c1-18-12-8-5-9-13(19-2)14(12)10-6-3-4-7-11(10)15(16)17/h3-9H,1-2H3,(H,16,17). The number of carboxylic acid groups (broad SMARTS) is 1. The number of ether oxygens (including phenoxy) is 2. The molecule has 0 saturated carbocycles. The third-order valence-electron chi connectivity index (χ3n) is 2.85. The lowest BCUT2D eigenvalue weighted by atomic mass is 9.98. The summed E-state index contributed by atoms with van der Waals surface area (Å²) in [5, 5.41) is 9.27. The Bertz CT molecular complexity index is 583. The molecule has 19 heavy (non-hydrogen) atoms. The first kappa shape index (κ1) is 13.0. The molecule has 4 heteroatoms. The lowest BCUT2D eigenvalue weighted by molar-refractivity contribution is 0.0697. The Morgan fingerprint density at radius 1 is 0.947 bits per heavy atom. The molecule has 98 valence electrons. The molecular weight excluding hydrogens is 244 g/mol. The fourth-order valence-electron chi connectivity index (χ4n) is 2.00. The fourth-order valence-corrected chi connectivity index (χ4v) is 2.00. The predicted molar refractivity (Wildman–Crippen MR) is 71.9 cm³/mol. The second kappa shape index (κ2) is 5.44. The SMILES string of the molecule is COc1cccc(OC)c1-c1ccccc1C(=O)O. The number of hydrogen-bond donors (Lipinski definition) is 1.